The standard InChI is InChI=1S/C15H12N4O2/c1-3-9-21-15(20)11-5-7-12(8-6-11)19-14(4-2)13(10-16)17-18-19/h1,5-8H,4,9H2,2H3. The Bertz CT molecular complexity index is 733. The highest BCUT2D eigenvalue weighted by molar-refractivity contribution is 5.89. The molecule has 0 bridgehead atoms. The van der Waals surface area contributed by atoms with Crippen molar-refractivity contribution < 1.29 is 9.53 Å². The summed E-state index contributed by atoms with van der Waals surface area (Å²) >= 11 is 0. The van der Waals surface area contributed by atoms with Crippen molar-refractivity contribution in [2.45, 2.75) is 13.3 Å². The Kier molecular flexibility index (Phi) is 4.33. The van der Waals surface area contributed by atoms with Crippen molar-refractivity contribution in [3.05, 3.63) is 41.2 Å². The van der Waals surface area contributed by atoms with Crippen molar-refractivity contribution in [2.75, 3.05) is 6.61 Å². The minimum Gasteiger partial charge on any atom is -0.449 e. The number of hydrogen-bond acceptors (Lipinski definition) is 5. The predicted octanol–water partition coefficient (Wildman–Crippen LogP) is 1.49. The van der Waals surface area contributed by atoms with Crippen LogP contribution in [-0.2, 0) is 11.2 Å². The topological polar surface area (TPSA) is 80.8 Å². The number of hydrogen-bond donors (Lipinski definition) is 0. The average molecular weight is 280 g/mol. The Balaban J connectivity index is 2.28. The number of nitriles is 1. The van der Waals surface area contributed by atoms with Crippen molar-refractivity contribution in [3.8, 4) is 24.1 Å². The number of nitrogens with zero attached hydrogens (tertiary/aromatic N) is 4. The molecule has 0 aliphatic heterocycles. The number of benzene rings is 1. The molecule has 0 N–H and O–H groups in total. The number of terminal acetylenes is 1. The lowest BCUT2D eigenvalue weighted by atomic mass is 10.2. The maximum Gasteiger partial charge on any atom is 0.339 e. The van der Waals surface area contributed by atoms with E-state index in [-0.39, 0.29) is 6.61 Å². The molecule has 0 aliphatic rings. The van der Waals surface area contributed by atoms with E-state index < -0.39 is 5.97 Å². The van der Waals surface area contributed by atoms with Gasteiger partial charge in [-0.1, -0.05) is 18.1 Å². The zero-order chi connectivity index (χ0) is 15.2. The van der Waals surface area contributed by atoms with E-state index in [0.717, 1.165) is 5.69 Å². The van der Waals surface area contributed by atoms with E-state index >= 15 is 0 Å². The summed E-state index contributed by atoms with van der Waals surface area (Å²) in [5.74, 6) is 1.75. The van der Waals surface area contributed by atoms with Crippen LogP contribution < -0.4 is 0 Å². The second-order valence-electron chi connectivity index (χ2n) is 4.09. The normalized spacial score (nSPS) is 9.67. The zero-order valence-electron chi connectivity index (χ0n) is 11.4. The molecule has 0 spiro atoms. The highest BCUT2D eigenvalue weighted by Gasteiger charge is 2.13. The number of aromatic nitrogens is 3. The van der Waals surface area contributed by atoms with Gasteiger partial charge in [0.2, 0.25) is 0 Å². The van der Waals surface area contributed by atoms with Crippen LogP contribution in [0.25, 0.3) is 5.69 Å². The van der Waals surface area contributed by atoms with Crippen molar-refractivity contribution in [1.82, 2.24) is 15.0 Å². The van der Waals surface area contributed by atoms with Gasteiger partial charge in [0.05, 0.1) is 16.9 Å². The van der Waals surface area contributed by atoms with Crippen LogP contribution >= 0.6 is 0 Å². The minimum absolute atomic E-state index is 0.0603. The summed E-state index contributed by atoms with van der Waals surface area (Å²) in [7, 11) is 0. The highest BCUT2D eigenvalue weighted by atomic mass is 16.5. The summed E-state index contributed by atoms with van der Waals surface area (Å²) < 4.78 is 6.41. The fourth-order valence-electron chi connectivity index (χ4n) is 1.84. The van der Waals surface area contributed by atoms with Crippen LogP contribution in [0.4, 0.5) is 0 Å². The van der Waals surface area contributed by atoms with Crippen molar-refractivity contribution >= 4 is 5.97 Å². The Labute approximate surface area is 122 Å². The van der Waals surface area contributed by atoms with Gasteiger partial charge in [-0.25, -0.2) is 9.48 Å². The highest BCUT2D eigenvalue weighted by Crippen LogP contribution is 2.14. The smallest absolute Gasteiger partial charge is 0.339 e. The van der Waals surface area contributed by atoms with E-state index in [9.17, 15) is 4.79 Å². The largest absolute Gasteiger partial charge is 0.449 e. The first kappa shape index (κ1) is 14.3. The van der Waals surface area contributed by atoms with E-state index in [2.05, 4.69) is 16.2 Å². The Hall–Kier alpha value is -3.12. The van der Waals surface area contributed by atoms with Gasteiger partial charge in [-0.2, -0.15) is 5.26 Å². The summed E-state index contributed by atoms with van der Waals surface area (Å²) in [6.07, 6.45) is 5.66. The van der Waals surface area contributed by atoms with Gasteiger partial charge in [-0.05, 0) is 30.7 Å². The van der Waals surface area contributed by atoms with Crippen molar-refractivity contribution in [2.24, 2.45) is 0 Å². The lowest BCUT2D eigenvalue weighted by Crippen LogP contribution is -2.06. The summed E-state index contributed by atoms with van der Waals surface area (Å²) in [5, 5.41) is 16.7. The molecule has 0 amide bonds. The van der Waals surface area contributed by atoms with E-state index in [1.54, 1.807) is 28.9 Å². The van der Waals surface area contributed by atoms with Gasteiger partial charge < -0.3 is 4.74 Å². The second-order valence-corrected chi connectivity index (χ2v) is 4.09. The number of rotatable bonds is 4. The molecular formula is C15H12N4O2. The first-order valence-electron chi connectivity index (χ1n) is 6.27. The molecule has 0 aliphatic carbocycles. The summed E-state index contributed by atoms with van der Waals surface area (Å²) in [6, 6.07) is 8.65. The number of carbonyl (C=O) groups is 1. The molecule has 2 rings (SSSR count). The first-order valence-corrected chi connectivity index (χ1v) is 6.27. The molecule has 0 atom stereocenters. The van der Waals surface area contributed by atoms with Crippen LogP contribution in [0.5, 0.6) is 0 Å². The van der Waals surface area contributed by atoms with Crippen molar-refractivity contribution in [1.29, 1.82) is 5.26 Å². The van der Waals surface area contributed by atoms with E-state index in [4.69, 9.17) is 16.4 Å². The molecule has 21 heavy (non-hydrogen) atoms. The lowest BCUT2D eigenvalue weighted by molar-refractivity contribution is 0.0557. The summed E-state index contributed by atoms with van der Waals surface area (Å²) in [6.45, 7) is 1.86. The fourth-order valence-corrected chi connectivity index (χ4v) is 1.84. The van der Waals surface area contributed by atoms with Crippen LogP contribution in [0, 0.1) is 23.7 Å². The van der Waals surface area contributed by atoms with Crippen molar-refractivity contribution in [3.63, 3.8) is 0 Å². The molecule has 0 saturated carbocycles. The lowest BCUT2D eigenvalue weighted by Gasteiger charge is -2.06. The maximum atomic E-state index is 11.6. The van der Waals surface area contributed by atoms with Crippen LogP contribution in [0.15, 0.2) is 24.3 Å². The molecule has 6 nitrogen and oxygen atoms in total. The molecule has 1 heterocycles. The number of esters is 1. The molecule has 1 aromatic heterocycles. The van der Waals surface area contributed by atoms with E-state index in [1.807, 2.05) is 13.0 Å². The van der Waals surface area contributed by atoms with Crippen LogP contribution in [0.3, 0.4) is 0 Å². The van der Waals surface area contributed by atoms with Gasteiger partial charge in [-0.3, -0.25) is 0 Å². The predicted molar refractivity (Wildman–Crippen MR) is 74.6 cm³/mol. The Morgan fingerprint density at radius 3 is 2.71 bits per heavy atom. The SMILES string of the molecule is C#CCOC(=O)c1ccc(-n2nnc(C#N)c2CC)cc1. The third kappa shape index (κ3) is 2.90. The van der Waals surface area contributed by atoms with Gasteiger partial charge in [0.25, 0.3) is 0 Å². The van der Waals surface area contributed by atoms with Gasteiger partial charge in [0, 0.05) is 0 Å². The third-order valence-corrected chi connectivity index (χ3v) is 2.84. The van der Waals surface area contributed by atoms with Crippen LogP contribution in [0.1, 0.15) is 28.7 Å². The molecule has 6 heteroatoms. The Morgan fingerprint density at radius 1 is 1.43 bits per heavy atom. The van der Waals surface area contributed by atoms with Gasteiger partial charge in [0.15, 0.2) is 12.3 Å². The molecule has 0 saturated heterocycles. The summed E-state index contributed by atoms with van der Waals surface area (Å²) in [5.41, 5.74) is 2.14. The molecule has 104 valence electrons. The van der Waals surface area contributed by atoms with Gasteiger partial charge in [-0.15, -0.1) is 11.5 Å². The molecule has 1 aromatic carbocycles. The maximum absolute atomic E-state index is 11.6. The quantitative estimate of drug-likeness (QED) is 0.626. The van der Waals surface area contributed by atoms with Crippen LogP contribution in [-0.4, -0.2) is 27.6 Å². The molecule has 2 aromatic rings. The van der Waals surface area contributed by atoms with Crippen LogP contribution in [0.2, 0.25) is 0 Å². The average Bonchev–Trinajstić information content (AvgIpc) is 2.95. The molecular weight excluding hydrogens is 268 g/mol. The zero-order valence-corrected chi connectivity index (χ0v) is 11.4. The van der Waals surface area contributed by atoms with E-state index in [1.165, 1.54) is 0 Å². The van der Waals surface area contributed by atoms with E-state index in [0.29, 0.717) is 23.4 Å². The third-order valence-electron chi connectivity index (χ3n) is 2.84. The minimum atomic E-state index is -0.480. The van der Waals surface area contributed by atoms with Gasteiger partial charge in [0.1, 0.15) is 6.07 Å². The molecule has 0 radical (unpaired) electrons. The summed E-state index contributed by atoms with van der Waals surface area (Å²) in [4.78, 5) is 11.6. The molecule has 0 fully saturated rings. The molecule has 0 unspecified atom stereocenters. The number of ether oxygens (including phenoxy) is 1. The fraction of sp³-hybridized carbons (Fsp3) is 0.200. The Morgan fingerprint density at radius 2 is 2.14 bits per heavy atom. The first-order chi connectivity index (χ1) is 10.2. The van der Waals surface area contributed by atoms with Gasteiger partial charge >= 0.3 is 5.97 Å². The number of carbonyl (C=O) groups excluding carboxylic acids is 1. The monoisotopic (exact) mass is 280 g/mol. The second kappa shape index (κ2) is 6.36.